The van der Waals surface area contributed by atoms with Crippen LogP contribution in [0.25, 0.3) is 0 Å². The fourth-order valence-corrected chi connectivity index (χ4v) is 1.94. The summed E-state index contributed by atoms with van der Waals surface area (Å²) in [4.78, 5) is 35.0. The topological polar surface area (TPSA) is 100 Å². The fourth-order valence-electron chi connectivity index (χ4n) is 1.94. The molecule has 2 rings (SSSR count). The highest BCUT2D eigenvalue weighted by Crippen LogP contribution is 1.99. The second-order valence-electron chi connectivity index (χ2n) is 4.96. The van der Waals surface area contributed by atoms with E-state index in [0.29, 0.717) is 18.7 Å². The quantitative estimate of drug-likeness (QED) is 0.628. The lowest BCUT2D eigenvalue weighted by Gasteiger charge is -2.07. The van der Waals surface area contributed by atoms with Crippen molar-refractivity contribution in [1.29, 1.82) is 0 Å². The highest BCUT2D eigenvalue weighted by molar-refractivity contribution is 5.94. The van der Waals surface area contributed by atoms with E-state index in [1.54, 1.807) is 36.4 Å². The predicted molar refractivity (Wildman–Crippen MR) is 87.4 cm³/mol. The van der Waals surface area contributed by atoms with Crippen molar-refractivity contribution in [3.8, 4) is 0 Å². The third-order valence-electron chi connectivity index (χ3n) is 3.15. The second-order valence-corrected chi connectivity index (χ2v) is 4.96. The van der Waals surface area contributed by atoms with Gasteiger partial charge in [0.2, 0.25) is 5.91 Å². The Balaban J connectivity index is 1.55. The van der Waals surface area contributed by atoms with Crippen LogP contribution in [-0.4, -0.2) is 37.4 Å². The van der Waals surface area contributed by atoms with Gasteiger partial charge in [-0.2, -0.15) is 0 Å². The van der Waals surface area contributed by atoms with Crippen LogP contribution in [0.1, 0.15) is 27.3 Å². The molecule has 0 aliphatic carbocycles. The molecule has 0 aliphatic heterocycles. The van der Waals surface area contributed by atoms with Crippen LogP contribution in [0.2, 0.25) is 0 Å². The Morgan fingerprint density at radius 3 is 2.21 bits per heavy atom. The van der Waals surface area contributed by atoms with Gasteiger partial charge >= 0.3 is 0 Å². The summed E-state index contributed by atoms with van der Waals surface area (Å²) in [6.45, 7) is 0.865. The first-order valence-corrected chi connectivity index (χ1v) is 7.58. The van der Waals surface area contributed by atoms with Crippen molar-refractivity contribution in [1.82, 2.24) is 16.0 Å². The van der Waals surface area contributed by atoms with Gasteiger partial charge in [-0.05, 0) is 24.3 Å². The van der Waals surface area contributed by atoms with Crippen LogP contribution in [0.5, 0.6) is 0 Å². The summed E-state index contributed by atoms with van der Waals surface area (Å²) in [7, 11) is 0. The molecule has 0 saturated carbocycles. The van der Waals surface area contributed by atoms with Crippen LogP contribution in [0, 0.1) is 0 Å². The van der Waals surface area contributed by atoms with Crippen molar-refractivity contribution < 1.29 is 18.8 Å². The number of furan rings is 1. The molecular formula is C17H19N3O4. The number of benzene rings is 1. The number of hydrogen-bond donors (Lipinski definition) is 3. The minimum absolute atomic E-state index is 0.152. The molecule has 1 aromatic carbocycles. The standard InChI is InChI=1S/C17H19N3O4/c21-15(8-9-19-17(23)14-7-4-12-24-14)18-10-11-20-16(22)13-5-2-1-3-6-13/h1-7,12H,8-11H2,(H,18,21)(H,19,23)(H,20,22). The Kier molecular flexibility index (Phi) is 6.58. The summed E-state index contributed by atoms with van der Waals surface area (Å²) in [6.07, 6.45) is 1.56. The van der Waals surface area contributed by atoms with Crippen molar-refractivity contribution in [3.63, 3.8) is 0 Å². The van der Waals surface area contributed by atoms with Crippen LogP contribution < -0.4 is 16.0 Å². The average Bonchev–Trinajstić information content (AvgIpc) is 3.14. The third-order valence-corrected chi connectivity index (χ3v) is 3.15. The smallest absolute Gasteiger partial charge is 0.286 e. The molecule has 7 heteroatoms. The van der Waals surface area contributed by atoms with E-state index in [0.717, 1.165) is 0 Å². The number of amides is 3. The summed E-state index contributed by atoms with van der Waals surface area (Å²) in [5, 5.41) is 7.96. The largest absolute Gasteiger partial charge is 0.459 e. The molecule has 1 aromatic heterocycles. The van der Waals surface area contributed by atoms with Crippen molar-refractivity contribution in [2.75, 3.05) is 19.6 Å². The zero-order chi connectivity index (χ0) is 17.2. The molecule has 0 unspecified atom stereocenters. The summed E-state index contributed by atoms with van der Waals surface area (Å²) < 4.78 is 4.94. The molecule has 1 heterocycles. The molecule has 0 atom stereocenters. The summed E-state index contributed by atoms with van der Waals surface area (Å²) in [6, 6.07) is 12.0. The highest BCUT2D eigenvalue weighted by atomic mass is 16.3. The van der Waals surface area contributed by atoms with Crippen molar-refractivity contribution in [3.05, 3.63) is 60.1 Å². The van der Waals surface area contributed by atoms with E-state index in [1.165, 1.54) is 6.26 Å². The number of carbonyl (C=O) groups excluding carboxylic acids is 3. The molecule has 0 bridgehead atoms. The minimum atomic E-state index is -0.358. The van der Waals surface area contributed by atoms with Gasteiger partial charge in [-0.3, -0.25) is 14.4 Å². The highest BCUT2D eigenvalue weighted by Gasteiger charge is 2.08. The summed E-state index contributed by atoms with van der Waals surface area (Å²) >= 11 is 0. The molecule has 7 nitrogen and oxygen atoms in total. The molecular weight excluding hydrogens is 310 g/mol. The minimum Gasteiger partial charge on any atom is -0.459 e. The van der Waals surface area contributed by atoms with Gasteiger partial charge in [0, 0.05) is 31.6 Å². The first-order valence-electron chi connectivity index (χ1n) is 7.58. The zero-order valence-electron chi connectivity index (χ0n) is 13.1. The normalized spacial score (nSPS) is 10.0. The summed E-state index contributed by atoms with van der Waals surface area (Å²) in [5.74, 6) is -0.541. The molecule has 3 amide bonds. The van der Waals surface area contributed by atoms with Gasteiger partial charge in [0.1, 0.15) is 0 Å². The second kappa shape index (κ2) is 9.14. The summed E-state index contributed by atoms with van der Waals surface area (Å²) in [5.41, 5.74) is 0.574. The van der Waals surface area contributed by atoms with Crippen molar-refractivity contribution >= 4 is 17.7 Å². The molecule has 2 aromatic rings. The lowest BCUT2D eigenvalue weighted by molar-refractivity contribution is -0.120. The Morgan fingerprint density at radius 2 is 1.50 bits per heavy atom. The molecule has 24 heavy (non-hydrogen) atoms. The van der Waals surface area contributed by atoms with E-state index < -0.39 is 0 Å². The van der Waals surface area contributed by atoms with Gasteiger partial charge in [-0.25, -0.2) is 0 Å². The van der Waals surface area contributed by atoms with Gasteiger partial charge < -0.3 is 20.4 Å². The third kappa shape index (κ3) is 5.60. The van der Waals surface area contributed by atoms with Crippen molar-refractivity contribution in [2.45, 2.75) is 6.42 Å². The Hall–Kier alpha value is -3.09. The molecule has 0 radical (unpaired) electrons. The number of nitrogens with one attached hydrogen (secondary N) is 3. The molecule has 0 spiro atoms. The van der Waals surface area contributed by atoms with Crippen LogP contribution in [0.3, 0.4) is 0 Å². The Bertz CT molecular complexity index is 668. The lowest BCUT2D eigenvalue weighted by atomic mass is 10.2. The van der Waals surface area contributed by atoms with Gasteiger partial charge in [0.25, 0.3) is 11.8 Å². The van der Waals surface area contributed by atoms with E-state index in [2.05, 4.69) is 16.0 Å². The first kappa shape index (κ1) is 17.3. The maximum absolute atomic E-state index is 11.8. The fraction of sp³-hybridized carbons (Fsp3) is 0.235. The van der Waals surface area contributed by atoms with Gasteiger partial charge in [-0.1, -0.05) is 18.2 Å². The average molecular weight is 329 g/mol. The predicted octanol–water partition coefficient (Wildman–Crippen LogP) is 0.946. The van der Waals surface area contributed by atoms with E-state index in [1.807, 2.05) is 6.07 Å². The lowest BCUT2D eigenvalue weighted by Crippen LogP contribution is -2.36. The van der Waals surface area contributed by atoms with E-state index in [9.17, 15) is 14.4 Å². The van der Waals surface area contributed by atoms with Gasteiger partial charge in [0.05, 0.1) is 6.26 Å². The first-order chi connectivity index (χ1) is 11.7. The number of rotatable bonds is 8. The number of hydrogen-bond acceptors (Lipinski definition) is 4. The van der Waals surface area contributed by atoms with Gasteiger partial charge in [-0.15, -0.1) is 0 Å². The molecule has 126 valence electrons. The zero-order valence-corrected chi connectivity index (χ0v) is 13.1. The molecule has 3 N–H and O–H groups in total. The maximum atomic E-state index is 11.8. The van der Waals surface area contributed by atoms with Crippen molar-refractivity contribution in [2.24, 2.45) is 0 Å². The van der Waals surface area contributed by atoms with Gasteiger partial charge in [0.15, 0.2) is 5.76 Å². The monoisotopic (exact) mass is 329 g/mol. The van der Waals surface area contributed by atoms with E-state index >= 15 is 0 Å². The van der Waals surface area contributed by atoms with Crippen LogP contribution in [0.15, 0.2) is 53.1 Å². The van der Waals surface area contributed by atoms with Crippen LogP contribution >= 0.6 is 0 Å². The van der Waals surface area contributed by atoms with Crippen LogP contribution in [0.4, 0.5) is 0 Å². The van der Waals surface area contributed by atoms with Crippen LogP contribution in [-0.2, 0) is 4.79 Å². The Labute approximate surface area is 139 Å². The maximum Gasteiger partial charge on any atom is 0.286 e. The molecule has 0 fully saturated rings. The SMILES string of the molecule is O=C(CCNC(=O)c1ccco1)NCCNC(=O)c1ccccc1. The Morgan fingerprint density at radius 1 is 0.792 bits per heavy atom. The molecule has 0 aliphatic rings. The van der Waals surface area contributed by atoms with E-state index in [-0.39, 0.29) is 36.4 Å². The molecule has 0 saturated heterocycles. The van der Waals surface area contributed by atoms with E-state index in [4.69, 9.17) is 4.42 Å². The number of carbonyl (C=O) groups is 3.